The van der Waals surface area contributed by atoms with Crippen LogP contribution in [-0.2, 0) is 12.6 Å². The molecule has 0 aromatic heterocycles. The van der Waals surface area contributed by atoms with Gasteiger partial charge in [0.05, 0.1) is 5.56 Å². The molecule has 22 heavy (non-hydrogen) atoms. The van der Waals surface area contributed by atoms with E-state index in [0.29, 0.717) is 7.14 Å². The lowest BCUT2D eigenvalue weighted by molar-refractivity contribution is -0.139. The van der Waals surface area contributed by atoms with Gasteiger partial charge in [-0.25, -0.2) is 0 Å². The van der Waals surface area contributed by atoms with Crippen LogP contribution < -0.4 is 0 Å². The minimum atomic E-state index is -4.27. The third kappa shape index (κ3) is 6.60. The SMILES string of the molecule is CCCCCCCCCc1c(I)cc(I)c(C(F)(F)F)c1I. The van der Waals surface area contributed by atoms with Gasteiger partial charge in [0.2, 0.25) is 0 Å². The maximum absolute atomic E-state index is 13.2. The second kappa shape index (κ2) is 10.2. The highest BCUT2D eigenvalue weighted by molar-refractivity contribution is 14.1. The van der Waals surface area contributed by atoms with Gasteiger partial charge in [-0.1, -0.05) is 45.4 Å². The zero-order valence-electron chi connectivity index (χ0n) is 12.5. The maximum atomic E-state index is 13.2. The Morgan fingerprint density at radius 2 is 1.41 bits per heavy atom. The summed E-state index contributed by atoms with van der Waals surface area (Å²) in [4.78, 5) is 0. The Kier molecular flexibility index (Phi) is 9.90. The normalized spacial score (nSPS) is 12.0. The van der Waals surface area contributed by atoms with Crippen molar-refractivity contribution in [1.82, 2.24) is 0 Å². The molecule has 0 aliphatic heterocycles. The van der Waals surface area contributed by atoms with Crippen LogP contribution in [-0.4, -0.2) is 0 Å². The number of hydrogen-bond acceptors (Lipinski definition) is 0. The van der Waals surface area contributed by atoms with Gasteiger partial charge in [-0.15, -0.1) is 0 Å². The van der Waals surface area contributed by atoms with Gasteiger partial charge in [0.25, 0.3) is 0 Å². The largest absolute Gasteiger partial charge is 0.418 e. The first-order valence-corrected chi connectivity index (χ1v) is 10.8. The summed E-state index contributed by atoms with van der Waals surface area (Å²) in [6.07, 6.45) is 4.75. The monoisotopic (exact) mass is 650 g/mol. The van der Waals surface area contributed by atoms with Crippen LogP contribution in [0.2, 0.25) is 0 Å². The van der Waals surface area contributed by atoms with Crippen LogP contribution >= 0.6 is 67.8 Å². The summed E-state index contributed by atoms with van der Waals surface area (Å²) >= 11 is 5.81. The van der Waals surface area contributed by atoms with Crippen LogP contribution in [0.3, 0.4) is 0 Å². The Morgan fingerprint density at radius 3 is 1.95 bits per heavy atom. The average molecular weight is 650 g/mol. The van der Waals surface area contributed by atoms with Crippen molar-refractivity contribution in [3.05, 3.63) is 27.9 Å². The lowest BCUT2D eigenvalue weighted by Crippen LogP contribution is -2.13. The van der Waals surface area contributed by atoms with Gasteiger partial charge in [-0.05, 0) is 92.2 Å². The van der Waals surface area contributed by atoms with E-state index in [4.69, 9.17) is 0 Å². The summed E-state index contributed by atoms with van der Waals surface area (Å²) in [5.74, 6) is 0. The van der Waals surface area contributed by atoms with Crippen molar-refractivity contribution >= 4 is 67.8 Å². The standard InChI is InChI=1S/C16H20F3I3/c1-2-3-4-5-6-7-8-9-11-12(20)10-13(21)14(15(11)22)16(17,18)19/h10H,2-9H2,1H3. The molecular weight excluding hydrogens is 630 g/mol. The van der Waals surface area contributed by atoms with E-state index in [-0.39, 0.29) is 0 Å². The predicted molar refractivity (Wildman–Crippen MR) is 111 cm³/mol. The summed E-state index contributed by atoms with van der Waals surface area (Å²) in [7, 11) is 0. The van der Waals surface area contributed by atoms with E-state index in [1.54, 1.807) is 28.7 Å². The average Bonchev–Trinajstić information content (AvgIpc) is 2.38. The van der Waals surface area contributed by atoms with Crippen LogP contribution in [0.1, 0.15) is 63.0 Å². The van der Waals surface area contributed by atoms with Gasteiger partial charge in [-0.3, -0.25) is 0 Å². The van der Waals surface area contributed by atoms with Gasteiger partial charge in [-0.2, -0.15) is 13.2 Å². The molecule has 1 aromatic rings. The predicted octanol–water partition coefficient (Wildman–Crippen LogP) is 7.81. The molecule has 1 aromatic carbocycles. The molecule has 0 N–H and O–H groups in total. The summed E-state index contributed by atoms with van der Waals surface area (Å²) in [5.41, 5.74) is 0.398. The fourth-order valence-corrected chi connectivity index (χ4v) is 6.90. The number of rotatable bonds is 8. The van der Waals surface area contributed by atoms with Crippen LogP contribution in [0, 0.1) is 10.7 Å². The van der Waals surface area contributed by atoms with Crippen molar-refractivity contribution in [2.24, 2.45) is 0 Å². The minimum absolute atomic E-state index is 0.294. The van der Waals surface area contributed by atoms with Crippen LogP contribution in [0.4, 0.5) is 13.2 Å². The highest BCUT2D eigenvalue weighted by Gasteiger charge is 2.36. The van der Waals surface area contributed by atoms with Crippen molar-refractivity contribution < 1.29 is 13.2 Å². The molecule has 126 valence electrons. The lowest BCUT2D eigenvalue weighted by Gasteiger charge is -2.16. The molecule has 0 aliphatic rings. The third-order valence-electron chi connectivity index (χ3n) is 3.58. The van der Waals surface area contributed by atoms with Gasteiger partial charge >= 0.3 is 6.18 Å². The zero-order chi connectivity index (χ0) is 16.8. The first kappa shape index (κ1) is 21.2. The van der Waals surface area contributed by atoms with Crippen molar-refractivity contribution in [2.45, 2.75) is 64.5 Å². The number of hydrogen-bond donors (Lipinski definition) is 0. The third-order valence-corrected chi connectivity index (χ3v) is 6.58. The number of halogens is 6. The van der Waals surface area contributed by atoms with Gasteiger partial charge in [0.15, 0.2) is 0 Å². The van der Waals surface area contributed by atoms with Crippen molar-refractivity contribution in [3.8, 4) is 0 Å². The Balaban J connectivity index is 2.67. The fourth-order valence-electron chi connectivity index (χ4n) is 2.38. The Labute approximate surface area is 171 Å². The molecule has 0 atom stereocenters. The molecule has 0 amide bonds. The molecule has 0 bridgehead atoms. The molecule has 0 unspecified atom stereocenters. The fraction of sp³-hybridized carbons (Fsp3) is 0.625. The Hall–Kier alpha value is 1.20. The Bertz CT molecular complexity index is 485. The van der Waals surface area contributed by atoms with Crippen LogP contribution in [0.15, 0.2) is 6.07 Å². The molecule has 0 saturated carbocycles. The molecule has 0 fully saturated rings. The van der Waals surface area contributed by atoms with Crippen molar-refractivity contribution in [2.75, 3.05) is 0 Å². The van der Waals surface area contributed by atoms with E-state index in [1.165, 1.54) is 32.1 Å². The Morgan fingerprint density at radius 1 is 0.864 bits per heavy atom. The topological polar surface area (TPSA) is 0 Å². The van der Waals surface area contributed by atoms with Gasteiger partial charge in [0.1, 0.15) is 0 Å². The molecule has 0 radical (unpaired) electrons. The highest BCUT2D eigenvalue weighted by Crippen LogP contribution is 2.39. The summed E-state index contributed by atoms with van der Waals surface area (Å²) in [5, 5.41) is 0. The van der Waals surface area contributed by atoms with Crippen LogP contribution in [0.25, 0.3) is 0 Å². The van der Waals surface area contributed by atoms with Crippen molar-refractivity contribution in [1.29, 1.82) is 0 Å². The van der Waals surface area contributed by atoms with Crippen molar-refractivity contribution in [3.63, 3.8) is 0 Å². The molecule has 1 rings (SSSR count). The van der Waals surface area contributed by atoms with E-state index in [0.717, 1.165) is 28.4 Å². The smallest absolute Gasteiger partial charge is 0.166 e. The van der Waals surface area contributed by atoms with E-state index in [2.05, 4.69) is 29.5 Å². The van der Waals surface area contributed by atoms with Crippen LogP contribution in [0.5, 0.6) is 0 Å². The van der Waals surface area contributed by atoms with E-state index in [9.17, 15) is 13.2 Å². The minimum Gasteiger partial charge on any atom is -0.166 e. The van der Waals surface area contributed by atoms with Gasteiger partial charge in [0, 0.05) is 10.7 Å². The molecule has 0 saturated heterocycles. The maximum Gasteiger partial charge on any atom is 0.418 e. The quantitative estimate of drug-likeness (QED) is 0.199. The number of alkyl halides is 3. The summed E-state index contributed by atoms with van der Waals surface area (Å²) < 4.78 is 41.1. The number of unbranched alkanes of at least 4 members (excludes halogenated alkanes) is 6. The van der Waals surface area contributed by atoms with E-state index in [1.807, 2.05) is 22.6 Å². The summed E-state index contributed by atoms with van der Waals surface area (Å²) in [6.45, 7) is 2.19. The summed E-state index contributed by atoms with van der Waals surface area (Å²) in [6, 6.07) is 1.66. The first-order valence-electron chi connectivity index (χ1n) is 7.52. The molecule has 0 aliphatic carbocycles. The molecule has 0 heterocycles. The van der Waals surface area contributed by atoms with E-state index >= 15 is 0 Å². The zero-order valence-corrected chi connectivity index (χ0v) is 19.0. The second-order valence-corrected chi connectivity index (χ2v) is 8.78. The molecule has 0 nitrogen and oxygen atoms in total. The molecule has 0 spiro atoms. The number of benzene rings is 1. The molecule has 6 heteroatoms. The second-order valence-electron chi connectivity index (χ2n) is 5.38. The lowest BCUT2D eigenvalue weighted by atomic mass is 10.0. The van der Waals surface area contributed by atoms with E-state index < -0.39 is 11.7 Å². The van der Waals surface area contributed by atoms with Gasteiger partial charge < -0.3 is 0 Å². The first-order chi connectivity index (χ1) is 10.3. The highest BCUT2D eigenvalue weighted by atomic mass is 127. The molecular formula is C16H20F3I3.